The lowest BCUT2D eigenvalue weighted by Crippen LogP contribution is -2.48. The Labute approximate surface area is 195 Å². The minimum atomic E-state index is -0.370. The van der Waals surface area contributed by atoms with Crippen molar-refractivity contribution >= 4 is 5.69 Å². The summed E-state index contributed by atoms with van der Waals surface area (Å²) in [5.41, 5.74) is 2.64. The second-order valence-corrected chi connectivity index (χ2v) is 8.99. The lowest BCUT2D eigenvalue weighted by atomic mass is 9.80. The van der Waals surface area contributed by atoms with Gasteiger partial charge in [-0.2, -0.15) is 5.26 Å². The van der Waals surface area contributed by atoms with Crippen LogP contribution in [0, 0.1) is 22.6 Å². The average molecular weight is 454 g/mol. The molecule has 176 valence electrons. The van der Waals surface area contributed by atoms with Crippen LogP contribution >= 0.6 is 0 Å². The second-order valence-electron chi connectivity index (χ2n) is 8.99. The van der Waals surface area contributed by atoms with Crippen LogP contribution in [0.5, 0.6) is 5.75 Å². The van der Waals surface area contributed by atoms with Gasteiger partial charge in [0, 0.05) is 30.6 Å². The number of nitriles is 1. The third-order valence-corrected chi connectivity index (χ3v) is 6.63. The molecule has 2 aliphatic rings. The monoisotopic (exact) mass is 453 g/mol. The summed E-state index contributed by atoms with van der Waals surface area (Å²) in [6.45, 7) is 4.91. The molecule has 2 aliphatic heterocycles. The summed E-state index contributed by atoms with van der Waals surface area (Å²) in [4.78, 5) is 2.19. The van der Waals surface area contributed by atoms with E-state index in [0.717, 1.165) is 69.8 Å². The molecule has 0 amide bonds. The largest absolute Gasteiger partial charge is 0.494 e. The topological polar surface area (TPSA) is 66.8 Å². The molecule has 0 aromatic heterocycles. The number of benzene rings is 2. The Morgan fingerprint density at radius 2 is 1.88 bits per heavy atom. The molecule has 0 atom stereocenters. The highest BCUT2D eigenvalue weighted by atomic mass is 19.1. The first-order valence-corrected chi connectivity index (χ1v) is 11.6. The summed E-state index contributed by atoms with van der Waals surface area (Å²) in [7, 11) is 1.46. The fraction of sp³-hybridized carbons (Fsp3) is 0.500. The van der Waals surface area contributed by atoms with Gasteiger partial charge in [0.15, 0.2) is 17.9 Å². The molecule has 2 saturated heterocycles. The molecular formula is C26H32FN3O3. The van der Waals surface area contributed by atoms with Gasteiger partial charge >= 0.3 is 0 Å². The first kappa shape index (κ1) is 23.5. The average Bonchev–Trinajstić information content (AvgIpc) is 2.85. The molecule has 0 bridgehead atoms. The Kier molecular flexibility index (Phi) is 7.81. The quantitative estimate of drug-likeness (QED) is 0.645. The Morgan fingerprint density at radius 1 is 1.15 bits per heavy atom. The van der Waals surface area contributed by atoms with Crippen LogP contribution in [0.4, 0.5) is 10.1 Å². The number of rotatable bonds is 8. The minimum absolute atomic E-state index is 0.174. The Bertz CT molecular complexity index is 944. The van der Waals surface area contributed by atoms with E-state index in [2.05, 4.69) is 16.3 Å². The van der Waals surface area contributed by atoms with Crippen molar-refractivity contribution in [2.24, 2.45) is 5.41 Å². The first-order chi connectivity index (χ1) is 16.1. The molecule has 7 heteroatoms. The van der Waals surface area contributed by atoms with Gasteiger partial charge in [0.1, 0.15) is 0 Å². The van der Waals surface area contributed by atoms with E-state index in [-0.39, 0.29) is 23.3 Å². The SMILES string of the molecule is COc1ccc(CN(CCCC2OCC3(CCNCC3)CO2)c2ccc(C#N)cc2)cc1F. The Hall–Kier alpha value is -2.66. The maximum atomic E-state index is 14.2. The van der Waals surface area contributed by atoms with Gasteiger partial charge in [0.2, 0.25) is 0 Å². The number of piperidine rings is 1. The molecule has 0 saturated carbocycles. The van der Waals surface area contributed by atoms with Crippen molar-refractivity contribution in [1.29, 1.82) is 5.26 Å². The molecule has 2 aromatic rings. The zero-order valence-corrected chi connectivity index (χ0v) is 19.2. The molecule has 33 heavy (non-hydrogen) atoms. The highest BCUT2D eigenvalue weighted by molar-refractivity contribution is 5.50. The third-order valence-electron chi connectivity index (χ3n) is 6.63. The molecule has 2 aromatic carbocycles. The maximum Gasteiger partial charge on any atom is 0.165 e. The number of hydrogen-bond donors (Lipinski definition) is 1. The van der Waals surface area contributed by atoms with Crippen LogP contribution in [0.1, 0.15) is 36.8 Å². The van der Waals surface area contributed by atoms with Gasteiger partial charge in [-0.3, -0.25) is 0 Å². The van der Waals surface area contributed by atoms with E-state index in [1.807, 2.05) is 30.3 Å². The van der Waals surface area contributed by atoms with Gasteiger partial charge in [0.05, 0.1) is 32.0 Å². The standard InChI is InChI=1S/C26H32FN3O3/c1-31-24-9-6-21(15-23(24)27)17-30(22-7-4-20(16-28)5-8-22)14-2-3-25-32-18-26(19-33-25)10-12-29-13-11-26/h4-9,15,25,29H,2-3,10-14,17-19H2,1H3. The lowest BCUT2D eigenvalue weighted by Gasteiger charge is -2.42. The third kappa shape index (κ3) is 6.02. The highest BCUT2D eigenvalue weighted by Gasteiger charge is 2.37. The molecular weight excluding hydrogens is 421 g/mol. The van der Waals surface area contributed by atoms with Crippen molar-refractivity contribution in [1.82, 2.24) is 5.32 Å². The number of anilines is 1. The van der Waals surface area contributed by atoms with Gasteiger partial charge in [0.25, 0.3) is 0 Å². The molecule has 6 nitrogen and oxygen atoms in total. The van der Waals surface area contributed by atoms with Crippen LogP contribution in [-0.2, 0) is 16.0 Å². The van der Waals surface area contributed by atoms with Gasteiger partial charge < -0.3 is 24.4 Å². The molecule has 0 aliphatic carbocycles. The zero-order chi connectivity index (χ0) is 23.1. The van der Waals surface area contributed by atoms with Crippen molar-refractivity contribution in [3.8, 4) is 11.8 Å². The van der Waals surface area contributed by atoms with E-state index in [1.165, 1.54) is 13.2 Å². The number of halogens is 1. The van der Waals surface area contributed by atoms with Gasteiger partial charge in [-0.15, -0.1) is 0 Å². The maximum absolute atomic E-state index is 14.2. The van der Waals surface area contributed by atoms with Crippen LogP contribution in [0.2, 0.25) is 0 Å². The van der Waals surface area contributed by atoms with Crippen LogP contribution < -0.4 is 15.0 Å². The molecule has 1 N–H and O–H groups in total. The first-order valence-electron chi connectivity index (χ1n) is 11.6. The van der Waals surface area contributed by atoms with Crippen molar-refractivity contribution < 1.29 is 18.6 Å². The summed E-state index contributed by atoms with van der Waals surface area (Å²) in [5, 5.41) is 12.5. The second kappa shape index (κ2) is 11.0. The lowest BCUT2D eigenvalue weighted by molar-refractivity contribution is -0.236. The van der Waals surface area contributed by atoms with E-state index < -0.39 is 0 Å². The van der Waals surface area contributed by atoms with Crippen molar-refractivity contribution in [2.45, 2.75) is 38.5 Å². The van der Waals surface area contributed by atoms with Crippen LogP contribution in [0.3, 0.4) is 0 Å². The molecule has 0 unspecified atom stereocenters. The molecule has 2 fully saturated rings. The smallest absolute Gasteiger partial charge is 0.165 e. The summed E-state index contributed by atoms with van der Waals surface area (Å²) >= 11 is 0. The van der Waals surface area contributed by atoms with Crippen LogP contribution in [-0.4, -0.2) is 46.2 Å². The highest BCUT2D eigenvalue weighted by Crippen LogP contribution is 2.34. The van der Waals surface area contributed by atoms with Crippen LogP contribution in [0.15, 0.2) is 42.5 Å². The summed E-state index contributed by atoms with van der Waals surface area (Å²) in [6.07, 6.45) is 3.71. The van der Waals surface area contributed by atoms with E-state index in [1.54, 1.807) is 6.07 Å². The van der Waals surface area contributed by atoms with E-state index >= 15 is 0 Å². The number of nitrogens with one attached hydrogen (secondary N) is 1. The van der Waals surface area contributed by atoms with Gasteiger partial charge in [-0.25, -0.2) is 4.39 Å². The summed E-state index contributed by atoms with van der Waals surface area (Å²) in [6, 6.07) is 14.7. The van der Waals surface area contributed by atoms with Crippen LogP contribution in [0.25, 0.3) is 0 Å². The van der Waals surface area contributed by atoms with Crippen molar-refractivity contribution in [2.75, 3.05) is 44.9 Å². The predicted molar refractivity (Wildman–Crippen MR) is 125 cm³/mol. The summed E-state index contributed by atoms with van der Waals surface area (Å²) in [5.74, 6) is -0.132. The Balaban J connectivity index is 1.36. The van der Waals surface area contributed by atoms with Gasteiger partial charge in [-0.05, 0) is 74.3 Å². The van der Waals surface area contributed by atoms with Gasteiger partial charge in [-0.1, -0.05) is 6.07 Å². The van der Waals surface area contributed by atoms with E-state index in [0.29, 0.717) is 12.1 Å². The minimum Gasteiger partial charge on any atom is -0.494 e. The number of ether oxygens (including phenoxy) is 3. The zero-order valence-electron chi connectivity index (χ0n) is 19.2. The molecule has 1 spiro atoms. The fourth-order valence-electron chi connectivity index (χ4n) is 4.57. The van der Waals surface area contributed by atoms with Crippen molar-refractivity contribution in [3.63, 3.8) is 0 Å². The summed E-state index contributed by atoms with van der Waals surface area (Å²) < 4.78 is 31.4. The molecule has 4 rings (SSSR count). The Morgan fingerprint density at radius 3 is 2.52 bits per heavy atom. The molecule has 0 radical (unpaired) electrons. The predicted octanol–water partition coefficient (Wildman–Crippen LogP) is 4.24. The van der Waals surface area contributed by atoms with E-state index in [9.17, 15) is 4.39 Å². The van der Waals surface area contributed by atoms with E-state index in [4.69, 9.17) is 19.5 Å². The fourth-order valence-corrected chi connectivity index (χ4v) is 4.57. The molecule has 2 heterocycles. The van der Waals surface area contributed by atoms with Crippen molar-refractivity contribution in [3.05, 3.63) is 59.4 Å². The normalized spacial score (nSPS) is 18.1. The number of nitrogens with zero attached hydrogens (tertiary/aromatic N) is 2. The number of methoxy groups -OCH3 is 1. The number of hydrogen-bond acceptors (Lipinski definition) is 6.